The Balaban J connectivity index is 1.82. The maximum atomic E-state index is 5.35. The molecule has 0 spiro atoms. The molecule has 2 N–H and O–H groups in total. The minimum atomic E-state index is 0.629. The number of hydrogen-bond donors (Lipinski definition) is 2. The number of nitrogens with zero attached hydrogens (tertiary/aromatic N) is 1. The SMILES string of the molecule is CCCNc1cccc(NCC2CCOC2)n1. The first-order valence-electron chi connectivity index (χ1n) is 6.41. The molecule has 1 unspecified atom stereocenters. The van der Waals surface area contributed by atoms with Crippen molar-refractivity contribution in [3.63, 3.8) is 0 Å². The van der Waals surface area contributed by atoms with Crippen LogP contribution in [0.25, 0.3) is 0 Å². The van der Waals surface area contributed by atoms with Gasteiger partial charge >= 0.3 is 0 Å². The quantitative estimate of drug-likeness (QED) is 0.794. The van der Waals surface area contributed by atoms with E-state index in [2.05, 4.69) is 22.5 Å². The molecule has 1 aliphatic rings. The minimum absolute atomic E-state index is 0.629. The van der Waals surface area contributed by atoms with E-state index >= 15 is 0 Å². The van der Waals surface area contributed by atoms with Crippen LogP contribution in [0.4, 0.5) is 11.6 Å². The molecule has 4 nitrogen and oxygen atoms in total. The van der Waals surface area contributed by atoms with Gasteiger partial charge in [-0.3, -0.25) is 0 Å². The Morgan fingerprint density at radius 2 is 2.18 bits per heavy atom. The van der Waals surface area contributed by atoms with Gasteiger partial charge in [0.05, 0.1) is 6.61 Å². The molecule has 1 saturated heterocycles. The standard InChI is InChI=1S/C13H21N3O/c1-2-7-14-12-4-3-5-13(16-12)15-9-11-6-8-17-10-11/h3-5,11H,2,6-10H2,1H3,(H2,14,15,16). The number of aromatic nitrogens is 1. The van der Waals surface area contributed by atoms with Gasteiger partial charge in [-0.25, -0.2) is 4.98 Å². The molecular formula is C13H21N3O. The van der Waals surface area contributed by atoms with Gasteiger partial charge in [0.2, 0.25) is 0 Å². The van der Waals surface area contributed by atoms with Crippen LogP contribution in [0.2, 0.25) is 0 Å². The Kier molecular flexibility index (Phi) is 4.62. The van der Waals surface area contributed by atoms with Gasteiger partial charge in [0, 0.05) is 25.6 Å². The molecule has 0 radical (unpaired) electrons. The predicted molar refractivity (Wildman–Crippen MR) is 70.4 cm³/mol. The largest absolute Gasteiger partial charge is 0.381 e. The lowest BCUT2D eigenvalue weighted by molar-refractivity contribution is 0.187. The summed E-state index contributed by atoms with van der Waals surface area (Å²) in [7, 11) is 0. The Labute approximate surface area is 103 Å². The van der Waals surface area contributed by atoms with Gasteiger partial charge in [0.1, 0.15) is 11.6 Å². The zero-order valence-corrected chi connectivity index (χ0v) is 10.4. The van der Waals surface area contributed by atoms with Crippen LogP contribution in [0, 0.1) is 5.92 Å². The number of pyridine rings is 1. The maximum absolute atomic E-state index is 5.35. The molecule has 0 amide bonds. The highest BCUT2D eigenvalue weighted by atomic mass is 16.5. The molecule has 0 aliphatic carbocycles. The summed E-state index contributed by atoms with van der Waals surface area (Å²) in [6.07, 6.45) is 2.26. The third-order valence-electron chi connectivity index (χ3n) is 2.90. The summed E-state index contributed by atoms with van der Waals surface area (Å²) >= 11 is 0. The number of hydrogen-bond acceptors (Lipinski definition) is 4. The molecule has 1 fully saturated rings. The summed E-state index contributed by atoms with van der Waals surface area (Å²) in [5, 5.41) is 6.66. The zero-order chi connectivity index (χ0) is 11.9. The number of anilines is 2. The smallest absolute Gasteiger partial charge is 0.128 e. The van der Waals surface area contributed by atoms with Crippen LogP contribution >= 0.6 is 0 Å². The highest BCUT2D eigenvalue weighted by molar-refractivity contribution is 5.45. The van der Waals surface area contributed by atoms with E-state index in [9.17, 15) is 0 Å². The van der Waals surface area contributed by atoms with E-state index in [0.717, 1.165) is 50.8 Å². The van der Waals surface area contributed by atoms with E-state index in [1.165, 1.54) is 0 Å². The normalized spacial score (nSPS) is 19.2. The summed E-state index contributed by atoms with van der Waals surface area (Å²) in [5.74, 6) is 2.52. The van der Waals surface area contributed by atoms with Gasteiger partial charge in [0.15, 0.2) is 0 Å². The van der Waals surface area contributed by atoms with Crippen LogP contribution in [0.5, 0.6) is 0 Å². The topological polar surface area (TPSA) is 46.2 Å². The minimum Gasteiger partial charge on any atom is -0.381 e. The maximum Gasteiger partial charge on any atom is 0.128 e. The van der Waals surface area contributed by atoms with E-state index in [1.54, 1.807) is 0 Å². The third-order valence-corrected chi connectivity index (χ3v) is 2.90. The van der Waals surface area contributed by atoms with Crippen LogP contribution in [-0.2, 0) is 4.74 Å². The first-order valence-corrected chi connectivity index (χ1v) is 6.41. The van der Waals surface area contributed by atoms with Crippen LogP contribution in [0.3, 0.4) is 0 Å². The highest BCUT2D eigenvalue weighted by Gasteiger charge is 2.15. The number of rotatable bonds is 6. The van der Waals surface area contributed by atoms with Gasteiger partial charge in [-0.05, 0) is 25.0 Å². The van der Waals surface area contributed by atoms with Crippen LogP contribution in [0.15, 0.2) is 18.2 Å². The summed E-state index contributed by atoms with van der Waals surface area (Å²) in [6.45, 7) is 5.84. The molecule has 0 bridgehead atoms. The lowest BCUT2D eigenvalue weighted by Gasteiger charge is -2.11. The second-order valence-corrected chi connectivity index (χ2v) is 4.45. The van der Waals surface area contributed by atoms with Gasteiger partial charge in [-0.2, -0.15) is 0 Å². The summed E-state index contributed by atoms with van der Waals surface area (Å²) in [6, 6.07) is 6.03. The lowest BCUT2D eigenvalue weighted by Crippen LogP contribution is -2.15. The van der Waals surface area contributed by atoms with E-state index in [1.807, 2.05) is 18.2 Å². The predicted octanol–water partition coefficient (Wildman–Crippen LogP) is 2.35. The fourth-order valence-corrected chi connectivity index (χ4v) is 1.88. The second kappa shape index (κ2) is 6.45. The average Bonchev–Trinajstić information content (AvgIpc) is 2.87. The van der Waals surface area contributed by atoms with Crippen molar-refractivity contribution >= 4 is 11.6 Å². The number of ether oxygens (including phenoxy) is 1. The Hall–Kier alpha value is -1.29. The molecular weight excluding hydrogens is 214 g/mol. The van der Waals surface area contributed by atoms with Crippen molar-refractivity contribution in [3.8, 4) is 0 Å². The van der Waals surface area contributed by atoms with Crippen LogP contribution < -0.4 is 10.6 Å². The Bertz CT molecular complexity index is 337. The van der Waals surface area contributed by atoms with E-state index in [0.29, 0.717) is 5.92 Å². The van der Waals surface area contributed by atoms with Crippen molar-refractivity contribution in [2.75, 3.05) is 36.9 Å². The third kappa shape index (κ3) is 3.89. The van der Waals surface area contributed by atoms with E-state index in [-0.39, 0.29) is 0 Å². The monoisotopic (exact) mass is 235 g/mol. The fourth-order valence-electron chi connectivity index (χ4n) is 1.88. The summed E-state index contributed by atoms with van der Waals surface area (Å²) in [5.41, 5.74) is 0. The molecule has 1 atom stereocenters. The lowest BCUT2D eigenvalue weighted by atomic mass is 10.1. The first kappa shape index (κ1) is 12.2. The molecule has 1 aromatic heterocycles. The zero-order valence-electron chi connectivity index (χ0n) is 10.4. The van der Waals surface area contributed by atoms with E-state index in [4.69, 9.17) is 4.74 Å². The van der Waals surface area contributed by atoms with Crippen molar-refractivity contribution in [1.82, 2.24) is 4.98 Å². The average molecular weight is 235 g/mol. The molecule has 94 valence electrons. The molecule has 0 aromatic carbocycles. The van der Waals surface area contributed by atoms with Gasteiger partial charge < -0.3 is 15.4 Å². The van der Waals surface area contributed by atoms with E-state index < -0.39 is 0 Å². The van der Waals surface area contributed by atoms with Gasteiger partial charge in [-0.1, -0.05) is 13.0 Å². The molecule has 2 heterocycles. The van der Waals surface area contributed by atoms with Crippen LogP contribution in [-0.4, -0.2) is 31.3 Å². The summed E-state index contributed by atoms with van der Waals surface area (Å²) < 4.78 is 5.35. The summed E-state index contributed by atoms with van der Waals surface area (Å²) in [4.78, 5) is 4.51. The first-order chi connectivity index (χ1) is 8.38. The van der Waals surface area contributed by atoms with Crippen molar-refractivity contribution in [2.24, 2.45) is 5.92 Å². The molecule has 1 aromatic rings. The molecule has 17 heavy (non-hydrogen) atoms. The molecule has 1 aliphatic heterocycles. The van der Waals surface area contributed by atoms with Crippen molar-refractivity contribution in [1.29, 1.82) is 0 Å². The van der Waals surface area contributed by atoms with Crippen molar-refractivity contribution in [2.45, 2.75) is 19.8 Å². The highest BCUT2D eigenvalue weighted by Crippen LogP contribution is 2.14. The molecule has 2 rings (SSSR count). The molecule has 0 saturated carbocycles. The van der Waals surface area contributed by atoms with Crippen LogP contribution in [0.1, 0.15) is 19.8 Å². The van der Waals surface area contributed by atoms with Crippen molar-refractivity contribution in [3.05, 3.63) is 18.2 Å². The van der Waals surface area contributed by atoms with Crippen molar-refractivity contribution < 1.29 is 4.74 Å². The molecule has 4 heteroatoms. The van der Waals surface area contributed by atoms with Gasteiger partial charge in [-0.15, -0.1) is 0 Å². The number of nitrogens with one attached hydrogen (secondary N) is 2. The Morgan fingerprint density at radius 1 is 1.35 bits per heavy atom. The second-order valence-electron chi connectivity index (χ2n) is 4.45. The van der Waals surface area contributed by atoms with Gasteiger partial charge in [0.25, 0.3) is 0 Å². The Morgan fingerprint density at radius 3 is 2.88 bits per heavy atom. The fraction of sp³-hybridized carbons (Fsp3) is 0.615.